The van der Waals surface area contributed by atoms with Crippen LogP contribution in [0.1, 0.15) is 18.3 Å². The van der Waals surface area contributed by atoms with Crippen molar-refractivity contribution in [1.82, 2.24) is 19.7 Å². The molecule has 0 aliphatic rings. The van der Waals surface area contributed by atoms with E-state index in [1.54, 1.807) is 6.20 Å². The third kappa shape index (κ3) is 4.04. The van der Waals surface area contributed by atoms with Crippen molar-refractivity contribution in [2.24, 2.45) is 0 Å². The first-order valence-electron chi connectivity index (χ1n) is 9.08. The van der Waals surface area contributed by atoms with Crippen LogP contribution >= 0.6 is 11.3 Å². The zero-order valence-corrected chi connectivity index (χ0v) is 16.3. The summed E-state index contributed by atoms with van der Waals surface area (Å²) in [6.45, 7) is 3.03. The highest BCUT2D eigenvalue weighted by Gasteiger charge is 2.13. The second kappa shape index (κ2) is 8.22. The number of aromatic nitrogens is 3. The predicted molar refractivity (Wildman–Crippen MR) is 109 cm³/mol. The molecule has 0 saturated carbocycles. The highest BCUT2D eigenvalue weighted by atomic mass is 32.1. The second-order valence-electron chi connectivity index (χ2n) is 6.24. The van der Waals surface area contributed by atoms with Gasteiger partial charge in [-0.25, -0.2) is 4.98 Å². The van der Waals surface area contributed by atoms with Gasteiger partial charge in [-0.3, -0.25) is 14.2 Å². The van der Waals surface area contributed by atoms with Crippen LogP contribution in [0.2, 0.25) is 0 Å². The number of carbonyl (C=O) groups excluding carboxylic acids is 1. The van der Waals surface area contributed by atoms with Crippen LogP contribution < -0.4 is 10.1 Å². The summed E-state index contributed by atoms with van der Waals surface area (Å²) in [7, 11) is 0. The van der Waals surface area contributed by atoms with Crippen molar-refractivity contribution in [3.63, 3.8) is 0 Å². The normalized spacial score (nSPS) is 10.9. The molecule has 6 nitrogen and oxygen atoms in total. The molecule has 0 fully saturated rings. The van der Waals surface area contributed by atoms with Gasteiger partial charge >= 0.3 is 0 Å². The Morgan fingerprint density at radius 2 is 2.07 bits per heavy atom. The van der Waals surface area contributed by atoms with Crippen LogP contribution in [-0.4, -0.2) is 26.9 Å². The maximum atomic E-state index is 12.3. The summed E-state index contributed by atoms with van der Waals surface area (Å²) in [5.41, 5.74) is 3.66. The molecule has 0 spiro atoms. The fourth-order valence-corrected chi connectivity index (χ4v) is 3.78. The lowest BCUT2D eigenvalue weighted by Gasteiger charge is -2.04. The second-order valence-corrected chi connectivity index (χ2v) is 7.07. The van der Waals surface area contributed by atoms with Crippen molar-refractivity contribution in [2.75, 3.05) is 6.61 Å². The Balaban J connectivity index is 1.46. The standard InChI is InChI=1S/C21H20N4O2S/c1-2-27-18-8-6-15(7-9-18)19-13-25-17(14-28-21(25)24-19)11-20(26)23-12-16-5-3-4-10-22-16/h3-10,13-14H,2,11-12H2,1H3,(H,23,26). The Kier molecular flexibility index (Phi) is 5.34. The predicted octanol–water partition coefficient (Wildman–Crippen LogP) is 3.72. The lowest BCUT2D eigenvalue weighted by molar-refractivity contribution is -0.120. The summed E-state index contributed by atoms with van der Waals surface area (Å²) in [5, 5.41) is 4.89. The Hall–Kier alpha value is -3.19. The molecule has 0 saturated heterocycles. The largest absolute Gasteiger partial charge is 0.494 e. The molecule has 0 bridgehead atoms. The van der Waals surface area contributed by atoms with E-state index >= 15 is 0 Å². The minimum absolute atomic E-state index is 0.0401. The van der Waals surface area contributed by atoms with Crippen molar-refractivity contribution in [3.8, 4) is 17.0 Å². The van der Waals surface area contributed by atoms with E-state index in [9.17, 15) is 4.79 Å². The van der Waals surface area contributed by atoms with Gasteiger partial charge in [0, 0.05) is 29.0 Å². The zero-order valence-electron chi connectivity index (χ0n) is 15.5. The van der Waals surface area contributed by atoms with Crippen molar-refractivity contribution in [3.05, 3.63) is 71.6 Å². The first-order chi connectivity index (χ1) is 13.7. The van der Waals surface area contributed by atoms with Crippen molar-refractivity contribution in [1.29, 1.82) is 0 Å². The molecular weight excluding hydrogens is 372 g/mol. The number of pyridine rings is 1. The van der Waals surface area contributed by atoms with E-state index in [1.165, 1.54) is 11.3 Å². The molecular formula is C21H20N4O2S. The molecule has 3 heterocycles. The van der Waals surface area contributed by atoms with Crippen LogP contribution in [0.4, 0.5) is 0 Å². The summed E-state index contributed by atoms with van der Waals surface area (Å²) in [4.78, 5) is 22.1. The average molecular weight is 392 g/mol. The van der Waals surface area contributed by atoms with Gasteiger partial charge in [0.05, 0.1) is 31.0 Å². The van der Waals surface area contributed by atoms with Gasteiger partial charge in [-0.2, -0.15) is 0 Å². The maximum Gasteiger partial charge on any atom is 0.226 e. The minimum Gasteiger partial charge on any atom is -0.494 e. The monoisotopic (exact) mass is 392 g/mol. The Labute approximate surface area is 166 Å². The number of nitrogens with one attached hydrogen (secondary N) is 1. The molecule has 1 aromatic carbocycles. The summed E-state index contributed by atoms with van der Waals surface area (Å²) < 4.78 is 7.47. The Morgan fingerprint density at radius 3 is 2.82 bits per heavy atom. The van der Waals surface area contributed by atoms with Crippen molar-refractivity contribution in [2.45, 2.75) is 19.9 Å². The summed E-state index contributed by atoms with van der Waals surface area (Å²) in [6.07, 6.45) is 3.99. The third-order valence-corrected chi connectivity index (χ3v) is 5.17. The van der Waals surface area contributed by atoms with Gasteiger partial charge in [-0.15, -0.1) is 11.3 Å². The van der Waals surface area contributed by atoms with Crippen molar-refractivity contribution < 1.29 is 9.53 Å². The SMILES string of the molecule is CCOc1ccc(-c2cn3c(CC(=O)NCc4ccccn4)csc3n2)cc1. The molecule has 0 aliphatic heterocycles. The summed E-state index contributed by atoms with van der Waals surface area (Å²) >= 11 is 1.53. The fraction of sp³-hybridized carbons (Fsp3) is 0.190. The summed E-state index contributed by atoms with van der Waals surface area (Å²) in [5.74, 6) is 0.805. The smallest absolute Gasteiger partial charge is 0.226 e. The average Bonchev–Trinajstić information content (AvgIpc) is 3.30. The molecule has 4 rings (SSSR count). The van der Waals surface area contributed by atoms with E-state index in [1.807, 2.05) is 65.4 Å². The zero-order chi connectivity index (χ0) is 19.3. The van der Waals surface area contributed by atoms with E-state index in [0.29, 0.717) is 19.6 Å². The minimum atomic E-state index is -0.0401. The number of benzene rings is 1. The molecule has 28 heavy (non-hydrogen) atoms. The molecule has 1 N–H and O–H groups in total. The van der Waals surface area contributed by atoms with Crippen LogP contribution in [0.5, 0.6) is 5.75 Å². The van der Waals surface area contributed by atoms with E-state index in [-0.39, 0.29) is 5.91 Å². The van der Waals surface area contributed by atoms with E-state index in [0.717, 1.165) is 33.4 Å². The number of thiazole rings is 1. The number of imidazole rings is 1. The molecule has 0 radical (unpaired) electrons. The van der Waals surface area contributed by atoms with Crippen LogP contribution in [0.15, 0.2) is 60.2 Å². The van der Waals surface area contributed by atoms with Gasteiger partial charge in [0.2, 0.25) is 5.91 Å². The first-order valence-corrected chi connectivity index (χ1v) is 9.96. The van der Waals surface area contributed by atoms with Gasteiger partial charge in [-0.05, 0) is 43.3 Å². The molecule has 3 aromatic heterocycles. The quantitative estimate of drug-likeness (QED) is 0.521. The summed E-state index contributed by atoms with van der Waals surface area (Å²) in [6, 6.07) is 13.5. The Morgan fingerprint density at radius 1 is 1.21 bits per heavy atom. The van der Waals surface area contributed by atoms with Gasteiger partial charge in [-0.1, -0.05) is 6.07 Å². The molecule has 7 heteroatoms. The van der Waals surface area contributed by atoms with Gasteiger partial charge in [0.15, 0.2) is 4.96 Å². The van der Waals surface area contributed by atoms with E-state index < -0.39 is 0 Å². The maximum absolute atomic E-state index is 12.3. The van der Waals surface area contributed by atoms with E-state index in [2.05, 4.69) is 15.3 Å². The highest BCUT2D eigenvalue weighted by Crippen LogP contribution is 2.25. The number of hydrogen-bond donors (Lipinski definition) is 1. The fourth-order valence-electron chi connectivity index (χ4n) is 2.90. The number of amides is 1. The van der Waals surface area contributed by atoms with Crippen LogP contribution in [0.25, 0.3) is 16.2 Å². The van der Waals surface area contributed by atoms with Crippen LogP contribution in [0, 0.1) is 0 Å². The highest BCUT2D eigenvalue weighted by molar-refractivity contribution is 7.15. The van der Waals surface area contributed by atoms with Crippen LogP contribution in [-0.2, 0) is 17.8 Å². The van der Waals surface area contributed by atoms with Crippen LogP contribution in [0.3, 0.4) is 0 Å². The topological polar surface area (TPSA) is 68.5 Å². The number of fused-ring (bicyclic) bond motifs is 1. The number of rotatable bonds is 7. The molecule has 0 unspecified atom stereocenters. The molecule has 4 aromatic rings. The number of carbonyl (C=O) groups is 1. The molecule has 0 atom stereocenters. The third-order valence-electron chi connectivity index (χ3n) is 4.28. The number of hydrogen-bond acceptors (Lipinski definition) is 5. The molecule has 0 aliphatic carbocycles. The van der Waals surface area contributed by atoms with E-state index in [4.69, 9.17) is 4.74 Å². The number of ether oxygens (including phenoxy) is 1. The lowest BCUT2D eigenvalue weighted by Crippen LogP contribution is -2.25. The number of nitrogens with zero attached hydrogens (tertiary/aromatic N) is 3. The Bertz CT molecular complexity index is 1070. The lowest BCUT2D eigenvalue weighted by atomic mass is 10.1. The first kappa shape index (κ1) is 18.2. The molecule has 1 amide bonds. The van der Waals surface area contributed by atoms with Gasteiger partial charge < -0.3 is 10.1 Å². The van der Waals surface area contributed by atoms with Crippen molar-refractivity contribution >= 4 is 22.2 Å². The molecule has 142 valence electrons. The van der Waals surface area contributed by atoms with Gasteiger partial charge in [0.25, 0.3) is 0 Å². The van der Waals surface area contributed by atoms with Gasteiger partial charge in [0.1, 0.15) is 5.75 Å².